The van der Waals surface area contributed by atoms with Crippen LogP contribution in [-0.4, -0.2) is 36.1 Å². The molecule has 2 rings (SSSR count). The van der Waals surface area contributed by atoms with E-state index in [1.165, 1.54) is 0 Å². The fraction of sp³-hybridized carbons (Fsp3) is 1.00. The Hall–Kier alpha value is -0.120. The van der Waals surface area contributed by atoms with Crippen molar-refractivity contribution >= 4 is 0 Å². The summed E-state index contributed by atoms with van der Waals surface area (Å²) in [7, 11) is 0. The second kappa shape index (κ2) is 1.94. The molecule has 0 aliphatic carbocycles. The van der Waals surface area contributed by atoms with Crippen LogP contribution in [0.15, 0.2) is 0 Å². The number of aliphatic hydroxyl groups excluding tert-OH is 1. The number of ether oxygens (including phenoxy) is 2. The summed E-state index contributed by atoms with van der Waals surface area (Å²) in [6.07, 6.45) is 0.425. The van der Waals surface area contributed by atoms with Crippen molar-refractivity contribution in [1.29, 1.82) is 0 Å². The Morgan fingerprint density at radius 1 is 1.60 bits per heavy atom. The molecule has 3 heteroatoms. The molecule has 2 fully saturated rings. The largest absolute Gasteiger partial charge is 0.388 e. The minimum Gasteiger partial charge on any atom is -0.388 e. The summed E-state index contributed by atoms with van der Waals surface area (Å²) in [4.78, 5) is 0. The Morgan fingerprint density at radius 3 is 3.10 bits per heavy atom. The van der Waals surface area contributed by atoms with Gasteiger partial charge in [-0.25, -0.2) is 0 Å². The van der Waals surface area contributed by atoms with Crippen molar-refractivity contribution in [1.82, 2.24) is 0 Å². The number of aliphatic hydroxyl groups is 1. The molecule has 0 aromatic carbocycles. The predicted molar refractivity (Wildman–Crippen MR) is 34.7 cm³/mol. The summed E-state index contributed by atoms with van der Waals surface area (Å²) < 4.78 is 10.7. The van der Waals surface area contributed by atoms with E-state index in [0.29, 0.717) is 6.61 Å². The Morgan fingerprint density at radius 2 is 2.40 bits per heavy atom. The van der Waals surface area contributed by atoms with Crippen molar-refractivity contribution in [2.24, 2.45) is 0 Å². The zero-order valence-electron chi connectivity index (χ0n) is 6.04. The first-order valence-corrected chi connectivity index (χ1v) is 3.66. The number of fused-ring (bicyclic) bond motifs is 1. The Labute approximate surface area is 59.9 Å². The summed E-state index contributed by atoms with van der Waals surface area (Å²) >= 11 is 0. The van der Waals surface area contributed by atoms with Gasteiger partial charge in [-0.15, -0.1) is 0 Å². The van der Waals surface area contributed by atoms with E-state index in [9.17, 15) is 5.11 Å². The molecule has 2 aliphatic heterocycles. The number of rotatable bonds is 0. The molecule has 0 bridgehead atoms. The van der Waals surface area contributed by atoms with Gasteiger partial charge in [0.2, 0.25) is 0 Å². The number of hydrogen-bond acceptors (Lipinski definition) is 3. The van der Waals surface area contributed by atoms with Crippen LogP contribution in [0, 0.1) is 0 Å². The van der Waals surface area contributed by atoms with Gasteiger partial charge in [0.05, 0.1) is 18.8 Å². The van der Waals surface area contributed by atoms with Gasteiger partial charge in [-0.05, 0) is 6.92 Å². The van der Waals surface area contributed by atoms with Gasteiger partial charge >= 0.3 is 0 Å². The van der Waals surface area contributed by atoms with Crippen molar-refractivity contribution < 1.29 is 14.6 Å². The van der Waals surface area contributed by atoms with Crippen LogP contribution in [-0.2, 0) is 9.47 Å². The van der Waals surface area contributed by atoms with E-state index < -0.39 is 6.10 Å². The molecule has 3 nitrogen and oxygen atoms in total. The smallest absolute Gasteiger partial charge is 0.114 e. The SMILES string of the molecule is C[C@@]12CCOC1[C@H](O)CO2. The lowest BCUT2D eigenvalue weighted by molar-refractivity contribution is -0.0145. The topological polar surface area (TPSA) is 38.7 Å². The molecule has 58 valence electrons. The van der Waals surface area contributed by atoms with Gasteiger partial charge in [0, 0.05) is 6.42 Å². The minimum atomic E-state index is -0.410. The van der Waals surface area contributed by atoms with Crippen LogP contribution in [0.5, 0.6) is 0 Å². The molecule has 2 saturated heterocycles. The minimum absolute atomic E-state index is 0.0764. The van der Waals surface area contributed by atoms with E-state index >= 15 is 0 Å². The maximum absolute atomic E-state index is 9.31. The predicted octanol–water partition coefficient (Wildman–Crippen LogP) is -0.0749. The third kappa shape index (κ3) is 0.713. The zero-order chi connectivity index (χ0) is 7.19. The van der Waals surface area contributed by atoms with Gasteiger partial charge in [0.25, 0.3) is 0 Å². The van der Waals surface area contributed by atoms with E-state index in [4.69, 9.17) is 9.47 Å². The Bertz CT molecular complexity index is 148. The monoisotopic (exact) mass is 144 g/mol. The second-order valence-electron chi connectivity index (χ2n) is 3.23. The summed E-state index contributed by atoms with van der Waals surface area (Å²) in [6, 6.07) is 0. The lowest BCUT2D eigenvalue weighted by atomic mass is 9.98. The average molecular weight is 144 g/mol. The van der Waals surface area contributed by atoms with Gasteiger partial charge in [0.1, 0.15) is 12.2 Å². The summed E-state index contributed by atoms with van der Waals surface area (Å²) in [5, 5.41) is 9.31. The van der Waals surface area contributed by atoms with Gasteiger partial charge in [-0.3, -0.25) is 0 Å². The highest BCUT2D eigenvalue weighted by Gasteiger charge is 2.50. The fourth-order valence-electron chi connectivity index (χ4n) is 1.74. The first-order valence-electron chi connectivity index (χ1n) is 3.66. The molecule has 0 amide bonds. The molecule has 3 atom stereocenters. The summed E-state index contributed by atoms with van der Waals surface area (Å²) in [5.41, 5.74) is -0.195. The van der Waals surface area contributed by atoms with E-state index in [1.807, 2.05) is 6.92 Å². The standard InChI is InChI=1S/C7H12O3/c1-7-2-3-9-6(7)5(8)4-10-7/h5-6,8H,2-4H2,1H3/t5-,6?,7-/m1/s1. The highest BCUT2D eigenvalue weighted by Crippen LogP contribution is 2.36. The summed E-state index contributed by atoms with van der Waals surface area (Å²) in [5.74, 6) is 0. The van der Waals surface area contributed by atoms with Crippen molar-refractivity contribution in [3.63, 3.8) is 0 Å². The maximum Gasteiger partial charge on any atom is 0.114 e. The molecule has 2 aliphatic rings. The zero-order valence-corrected chi connectivity index (χ0v) is 6.04. The highest BCUT2D eigenvalue weighted by atomic mass is 16.6. The molecule has 0 aromatic rings. The van der Waals surface area contributed by atoms with Crippen molar-refractivity contribution in [2.45, 2.75) is 31.2 Å². The first kappa shape index (κ1) is 6.58. The molecular formula is C7H12O3. The van der Waals surface area contributed by atoms with Gasteiger partial charge in [-0.1, -0.05) is 0 Å². The van der Waals surface area contributed by atoms with Crippen molar-refractivity contribution in [3.8, 4) is 0 Å². The Kier molecular flexibility index (Phi) is 1.27. The normalized spacial score (nSPS) is 53.4. The molecule has 1 N–H and O–H groups in total. The van der Waals surface area contributed by atoms with Crippen molar-refractivity contribution in [3.05, 3.63) is 0 Å². The molecule has 1 unspecified atom stereocenters. The van der Waals surface area contributed by atoms with Gasteiger partial charge < -0.3 is 14.6 Å². The molecule has 0 radical (unpaired) electrons. The second-order valence-corrected chi connectivity index (χ2v) is 3.23. The average Bonchev–Trinajstić information content (AvgIpc) is 2.35. The number of hydrogen-bond donors (Lipinski definition) is 1. The molecule has 0 saturated carbocycles. The van der Waals surface area contributed by atoms with E-state index in [0.717, 1.165) is 13.0 Å². The molecule has 0 spiro atoms. The van der Waals surface area contributed by atoms with Crippen LogP contribution in [0.2, 0.25) is 0 Å². The molecular weight excluding hydrogens is 132 g/mol. The van der Waals surface area contributed by atoms with E-state index in [2.05, 4.69) is 0 Å². The van der Waals surface area contributed by atoms with Crippen molar-refractivity contribution in [2.75, 3.05) is 13.2 Å². The lowest BCUT2D eigenvalue weighted by Crippen LogP contribution is -2.35. The molecule has 0 aromatic heterocycles. The van der Waals surface area contributed by atoms with Gasteiger partial charge in [0.15, 0.2) is 0 Å². The summed E-state index contributed by atoms with van der Waals surface area (Å²) in [6.45, 7) is 3.15. The Balaban J connectivity index is 2.19. The van der Waals surface area contributed by atoms with Crippen LogP contribution in [0.4, 0.5) is 0 Å². The third-order valence-corrected chi connectivity index (χ3v) is 2.43. The van der Waals surface area contributed by atoms with Crippen LogP contribution >= 0.6 is 0 Å². The lowest BCUT2D eigenvalue weighted by Gasteiger charge is -2.20. The molecule has 10 heavy (non-hydrogen) atoms. The third-order valence-electron chi connectivity index (χ3n) is 2.43. The molecule has 2 heterocycles. The maximum atomic E-state index is 9.31. The first-order chi connectivity index (χ1) is 4.72. The highest BCUT2D eigenvalue weighted by molar-refractivity contribution is 4.98. The van der Waals surface area contributed by atoms with E-state index in [1.54, 1.807) is 0 Å². The van der Waals surface area contributed by atoms with E-state index in [-0.39, 0.29) is 11.7 Å². The fourth-order valence-corrected chi connectivity index (χ4v) is 1.74. The van der Waals surface area contributed by atoms with Crippen LogP contribution < -0.4 is 0 Å². The van der Waals surface area contributed by atoms with Crippen LogP contribution in [0.3, 0.4) is 0 Å². The van der Waals surface area contributed by atoms with Gasteiger partial charge in [-0.2, -0.15) is 0 Å². The van der Waals surface area contributed by atoms with Crippen LogP contribution in [0.25, 0.3) is 0 Å². The quantitative estimate of drug-likeness (QED) is 0.517. The van der Waals surface area contributed by atoms with Crippen LogP contribution in [0.1, 0.15) is 13.3 Å².